The highest BCUT2D eigenvalue weighted by Gasteiger charge is 2.30. The Balaban J connectivity index is 1.15. The number of aliphatic hydroxyl groups excluding tert-OH is 2. The normalized spacial score (nSPS) is 17.8. The number of hydrogen-bond acceptors (Lipinski definition) is 6. The van der Waals surface area contributed by atoms with Crippen molar-refractivity contribution in [1.29, 1.82) is 0 Å². The summed E-state index contributed by atoms with van der Waals surface area (Å²) in [5, 5.41) is 19.5. The van der Waals surface area contributed by atoms with E-state index in [4.69, 9.17) is 9.47 Å². The number of aliphatic hydroxyl groups is 2. The number of rotatable bonds is 14. The maximum absolute atomic E-state index is 12.2. The molecule has 0 saturated carbocycles. The number of hydrogen-bond donors (Lipinski definition) is 2. The molecule has 1 aromatic rings. The van der Waals surface area contributed by atoms with E-state index in [1.807, 2.05) is 6.07 Å². The highest BCUT2D eigenvalue weighted by Crippen LogP contribution is 2.33. The van der Waals surface area contributed by atoms with Gasteiger partial charge in [-0.05, 0) is 43.4 Å². The molecule has 1 atom stereocenters. The van der Waals surface area contributed by atoms with E-state index < -0.39 is 11.9 Å². The van der Waals surface area contributed by atoms with Gasteiger partial charge in [-0.25, -0.2) is 0 Å². The van der Waals surface area contributed by atoms with Gasteiger partial charge in [0.1, 0.15) is 17.4 Å². The summed E-state index contributed by atoms with van der Waals surface area (Å²) in [5.41, 5.74) is 1.14. The van der Waals surface area contributed by atoms with E-state index in [1.54, 1.807) is 0 Å². The van der Waals surface area contributed by atoms with Gasteiger partial charge in [-0.3, -0.25) is 9.59 Å². The Labute approximate surface area is 190 Å². The molecule has 1 heterocycles. The van der Waals surface area contributed by atoms with Crippen molar-refractivity contribution < 1.29 is 29.3 Å². The van der Waals surface area contributed by atoms with Crippen molar-refractivity contribution in [2.45, 2.75) is 96.0 Å². The number of fused-ring (bicyclic) bond motifs is 1. The van der Waals surface area contributed by atoms with Crippen molar-refractivity contribution in [3.05, 3.63) is 35.1 Å². The van der Waals surface area contributed by atoms with Crippen LogP contribution in [0.15, 0.2) is 29.5 Å². The Morgan fingerprint density at radius 1 is 0.906 bits per heavy atom. The minimum Gasteiger partial charge on any atom is -0.509 e. The number of allylic oxidation sites excluding steroid dienone is 1. The number of unbranched alkanes of at least 4 members (excludes halogenated alkanes) is 9. The lowest BCUT2D eigenvalue weighted by Crippen LogP contribution is -2.27. The Hall–Kier alpha value is -2.34. The minimum atomic E-state index is -1.07. The summed E-state index contributed by atoms with van der Waals surface area (Å²) in [6.07, 6.45) is 11.9. The third kappa shape index (κ3) is 7.09. The fourth-order valence-electron chi connectivity index (χ4n) is 4.39. The van der Waals surface area contributed by atoms with Gasteiger partial charge in [0.15, 0.2) is 23.1 Å². The number of Topliss-reactive ketones (excluding diaryl/α,β-unsaturated/α-hetero) is 2. The third-order valence-electron chi connectivity index (χ3n) is 6.33. The van der Waals surface area contributed by atoms with Crippen LogP contribution in [0.4, 0.5) is 0 Å². The molecule has 0 saturated heterocycles. The Bertz CT molecular complexity index is 813. The first kappa shape index (κ1) is 24.3. The van der Waals surface area contributed by atoms with Crippen LogP contribution in [0.25, 0.3) is 0 Å². The van der Waals surface area contributed by atoms with E-state index in [0.29, 0.717) is 6.79 Å². The predicted molar refractivity (Wildman–Crippen MR) is 122 cm³/mol. The number of ether oxygens (including phenoxy) is 2. The van der Waals surface area contributed by atoms with Gasteiger partial charge in [-0.15, -0.1) is 0 Å². The highest BCUT2D eigenvalue weighted by molar-refractivity contribution is 6.21. The van der Waals surface area contributed by atoms with Crippen molar-refractivity contribution in [2.24, 2.45) is 0 Å². The fraction of sp³-hybridized carbons (Fsp3) is 0.615. The van der Waals surface area contributed by atoms with Crippen molar-refractivity contribution in [3.8, 4) is 11.5 Å². The van der Waals surface area contributed by atoms with Crippen molar-refractivity contribution in [1.82, 2.24) is 0 Å². The van der Waals surface area contributed by atoms with Crippen LogP contribution in [0.3, 0.4) is 0 Å². The first-order chi connectivity index (χ1) is 15.6. The minimum absolute atomic E-state index is 0.130. The molecule has 1 aliphatic carbocycles. The van der Waals surface area contributed by atoms with Gasteiger partial charge in [0.2, 0.25) is 6.79 Å². The van der Waals surface area contributed by atoms with E-state index in [2.05, 4.69) is 12.1 Å². The maximum atomic E-state index is 12.2. The second kappa shape index (κ2) is 12.6. The lowest BCUT2D eigenvalue weighted by Gasteiger charge is -2.18. The molecule has 2 N–H and O–H groups in total. The third-order valence-corrected chi connectivity index (χ3v) is 6.33. The molecule has 0 amide bonds. The molecule has 176 valence electrons. The molecule has 0 radical (unpaired) electrons. The Morgan fingerprint density at radius 3 is 2.25 bits per heavy atom. The van der Waals surface area contributed by atoms with Crippen LogP contribution >= 0.6 is 0 Å². The largest absolute Gasteiger partial charge is 0.509 e. The van der Waals surface area contributed by atoms with Crippen LogP contribution in [0.5, 0.6) is 11.5 Å². The first-order valence-electron chi connectivity index (χ1n) is 12.1. The summed E-state index contributed by atoms with van der Waals surface area (Å²) in [6.45, 7) is 0.325. The van der Waals surface area contributed by atoms with Crippen molar-refractivity contribution in [2.75, 3.05) is 6.79 Å². The summed E-state index contributed by atoms with van der Waals surface area (Å²) in [5.74, 6) is 0.613. The van der Waals surface area contributed by atoms with Crippen molar-refractivity contribution in [3.63, 3.8) is 0 Å². The van der Waals surface area contributed by atoms with Crippen LogP contribution in [-0.4, -0.2) is 34.7 Å². The van der Waals surface area contributed by atoms with E-state index >= 15 is 0 Å². The standard InChI is InChI=1S/C26H36O6/c27-20(25-21(28)14-15-22(29)26(25)30)12-10-8-6-4-2-1-3-5-7-9-11-19-13-16-23-24(17-19)32-18-31-23/h13,16-17,22,29-30H,1-12,14-15,18H2. The second-order valence-electron chi connectivity index (χ2n) is 8.88. The second-order valence-corrected chi connectivity index (χ2v) is 8.88. The topological polar surface area (TPSA) is 93.1 Å². The van der Waals surface area contributed by atoms with E-state index in [1.165, 1.54) is 44.1 Å². The molecule has 0 fully saturated rings. The maximum Gasteiger partial charge on any atom is 0.231 e. The number of benzene rings is 1. The Morgan fingerprint density at radius 2 is 1.53 bits per heavy atom. The molecule has 0 bridgehead atoms. The van der Waals surface area contributed by atoms with Gasteiger partial charge in [0.05, 0.1) is 0 Å². The zero-order chi connectivity index (χ0) is 22.8. The summed E-state index contributed by atoms with van der Waals surface area (Å²) >= 11 is 0. The van der Waals surface area contributed by atoms with Crippen molar-refractivity contribution >= 4 is 11.6 Å². The summed E-state index contributed by atoms with van der Waals surface area (Å²) in [4.78, 5) is 24.0. The van der Waals surface area contributed by atoms with Gasteiger partial charge in [0.25, 0.3) is 0 Å². The molecule has 1 aliphatic heterocycles. The van der Waals surface area contributed by atoms with Gasteiger partial charge >= 0.3 is 0 Å². The number of ketones is 2. The van der Waals surface area contributed by atoms with E-state index in [9.17, 15) is 19.8 Å². The van der Waals surface area contributed by atoms with Crippen LogP contribution < -0.4 is 9.47 Å². The molecular weight excluding hydrogens is 408 g/mol. The molecule has 0 spiro atoms. The molecule has 1 unspecified atom stereocenters. The quantitative estimate of drug-likeness (QED) is 0.297. The van der Waals surface area contributed by atoms with Gasteiger partial charge in [-0.2, -0.15) is 0 Å². The molecule has 2 aliphatic rings. The molecule has 6 heteroatoms. The smallest absolute Gasteiger partial charge is 0.231 e. The zero-order valence-electron chi connectivity index (χ0n) is 18.9. The fourth-order valence-corrected chi connectivity index (χ4v) is 4.39. The van der Waals surface area contributed by atoms with Crippen LogP contribution in [0, 0.1) is 0 Å². The van der Waals surface area contributed by atoms with Gasteiger partial charge in [0, 0.05) is 12.8 Å². The van der Waals surface area contributed by atoms with Crippen LogP contribution in [0.1, 0.15) is 89.0 Å². The average Bonchev–Trinajstić information content (AvgIpc) is 3.25. The highest BCUT2D eigenvalue weighted by atomic mass is 16.7. The van der Waals surface area contributed by atoms with Crippen LogP contribution in [0.2, 0.25) is 0 Å². The zero-order valence-corrected chi connectivity index (χ0v) is 18.9. The predicted octanol–water partition coefficient (Wildman–Crippen LogP) is 5.35. The molecule has 1 aromatic carbocycles. The average molecular weight is 445 g/mol. The molecule has 0 aromatic heterocycles. The molecule has 32 heavy (non-hydrogen) atoms. The van der Waals surface area contributed by atoms with Crippen LogP contribution in [-0.2, 0) is 16.0 Å². The molecule has 3 rings (SSSR count). The number of carbonyl (C=O) groups is 2. The van der Waals surface area contributed by atoms with E-state index in [0.717, 1.165) is 43.6 Å². The lowest BCUT2D eigenvalue weighted by atomic mass is 9.89. The molecular formula is C26H36O6. The summed E-state index contributed by atoms with van der Waals surface area (Å²) in [7, 11) is 0. The Kier molecular flexibility index (Phi) is 9.60. The first-order valence-corrected chi connectivity index (χ1v) is 12.1. The summed E-state index contributed by atoms with van der Waals surface area (Å²) in [6, 6.07) is 6.21. The monoisotopic (exact) mass is 444 g/mol. The lowest BCUT2D eigenvalue weighted by molar-refractivity contribution is -0.123. The summed E-state index contributed by atoms with van der Waals surface area (Å²) < 4.78 is 10.8. The number of carbonyl (C=O) groups excluding carboxylic acids is 2. The van der Waals surface area contributed by atoms with Gasteiger partial charge < -0.3 is 19.7 Å². The van der Waals surface area contributed by atoms with E-state index in [-0.39, 0.29) is 36.4 Å². The molecule has 6 nitrogen and oxygen atoms in total. The van der Waals surface area contributed by atoms with Gasteiger partial charge in [-0.1, -0.05) is 57.4 Å². The number of aryl methyl sites for hydroxylation is 1. The SMILES string of the molecule is O=C(CCCCCCCCCCCCc1ccc2c(c1)OCO2)C1=C(O)C(O)CCC1=O.